The summed E-state index contributed by atoms with van der Waals surface area (Å²) in [6.07, 6.45) is 4.96. The third-order valence-corrected chi connectivity index (χ3v) is 3.89. The summed E-state index contributed by atoms with van der Waals surface area (Å²) in [4.78, 5) is 6.11. The van der Waals surface area contributed by atoms with Gasteiger partial charge in [-0.3, -0.25) is 0 Å². The Labute approximate surface area is 99.4 Å². The van der Waals surface area contributed by atoms with Crippen LogP contribution in [0, 0.1) is 6.07 Å². The second kappa shape index (κ2) is 4.26. The number of hydrogen-bond donors (Lipinski definition) is 1. The zero-order valence-corrected chi connectivity index (χ0v) is 9.81. The lowest BCUT2D eigenvalue weighted by Crippen LogP contribution is -1.99. The van der Waals surface area contributed by atoms with Crippen molar-refractivity contribution in [3.05, 3.63) is 40.9 Å². The topological polar surface area (TPSA) is 24.9 Å². The smallest absolute Gasteiger partial charge is 0.187 e. The normalized spacial score (nSPS) is 14.5. The van der Waals surface area contributed by atoms with Gasteiger partial charge in [0.15, 0.2) is 5.13 Å². The van der Waals surface area contributed by atoms with E-state index in [2.05, 4.69) is 16.4 Å². The van der Waals surface area contributed by atoms with Crippen LogP contribution in [0.2, 0.25) is 0 Å². The summed E-state index contributed by atoms with van der Waals surface area (Å²) in [5, 5.41) is 4.37. The van der Waals surface area contributed by atoms with Crippen molar-refractivity contribution < 1.29 is 0 Å². The van der Waals surface area contributed by atoms with E-state index >= 15 is 0 Å². The number of aryl methyl sites for hydroxylation is 2. The molecule has 0 unspecified atom stereocenters. The minimum Gasteiger partial charge on any atom is -0.332 e. The number of fused-ring (bicyclic) bond motifs is 1. The highest BCUT2D eigenvalue weighted by Gasteiger charge is 2.14. The van der Waals surface area contributed by atoms with E-state index in [9.17, 15) is 0 Å². The number of aromatic nitrogens is 1. The Morgan fingerprint density at radius 1 is 1.19 bits per heavy atom. The molecule has 1 aromatic carbocycles. The molecule has 0 spiro atoms. The van der Waals surface area contributed by atoms with Crippen molar-refractivity contribution in [1.29, 1.82) is 0 Å². The summed E-state index contributed by atoms with van der Waals surface area (Å²) in [6.45, 7) is 0. The molecular weight excluding hydrogens is 216 g/mol. The molecule has 0 saturated carbocycles. The SMILES string of the molecule is [c]1ccc(Nc2nc3c(s2)CCCC3)cc1. The highest BCUT2D eigenvalue weighted by Crippen LogP contribution is 2.30. The van der Waals surface area contributed by atoms with Crippen LogP contribution >= 0.6 is 11.3 Å². The monoisotopic (exact) mass is 229 g/mol. The van der Waals surface area contributed by atoms with Crippen LogP contribution in [0.25, 0.3) is 0 Å². The molecular formula is C13H13N2S. The van der Waals surface area contributed by atoms with Crippen molar-refractivity contribution in [2.24, 2.45) is 0 Å². The van der Waals surface area contributed by atoms with Crippen LogP contribution < -0.4 is 5.32 Å². The van der Waals surface area contributed by atoms with Gasteiger partial charge >= 0.3 is 0 Å². The first-order chi connectivity index (χ1) is 7.92. The van der Waals surface area contributed by atoms with Gasteiger partial charge in [0, 0.05) is 10.6 Å². The average molecular weight is 229 g/mol. The third-order valence-electron chi connectivity index (χ3n) is 2.82. The Hall–Kier alpha value is -1.35. The first kappa shape index (κ1) is 9.85. The van der Waals surface area contributed by atoms with Crippen molar-refractivity contribution in [2.75, 3.05) is 5.32 Å². The summed E-state index contributed by atoms with van der Waals surface area (Å²) in [5.74, 6) is 0. The maximum atomic E-state index is 4.64. The molecule has 2 nitrogen and oxygen atoms in total. The standard InChI is InChI=1S/C13H13N2S/c1-2-6-10(7-3-1)14-13-15-11-8-4-5-9-12(11)16-13/h2-3,6-7H,4-5,8-9H2,(H,14,15). The van der Waals surface area contributed by atoms with Crippen LogP contribution in [0.15, 0.2) is 24.3 Å². The van der Waals surface area contributed by atoms with Crippen LogP contribution in [-0.2, 0) is 12.8 Å². The Bertz CT molecular complexity index is 452. The predicted molar refractivity (Wildman–Crippen MR) is 67.3 cm³/mol. The van der Waals surface area contributed by atoms with Gasteiger partial charge in [-0.25, -0.2) is 4.98 Å². The van der Waals surface area contributed by atoms with E-state index in [1.54, 1.807) is 11.3 Å². The molecule has 0 atom stereocenters. The van der Waals surface area contributed by atoms with E-state index in [1.165, 1.54) is 29.8 Å². The Balaban J connectivity index is 1.83. The second-order valence-electron chi connectivity index (χ2n) is 4.01. The second-order valence-corrected chi connectivity index (χ2v) is 5.09. The number of nitrogens with one attached hydrogen (secondary N) is 1. The Kier molecular flexibility index (Phi) is 2.62. The molecule has 0 saturated heterocycles. The maximum absolute atomic E-state index is 4.64. The molecule has 0 bridgehead atoms. The molecule has 1 heterocycles. The lowest BCUT2D eigenvalue weighted by atomic mass is 10.0. The molecule has 0 amide bonds. The molecule has 1 aliphatic carbocycles. The molecule has 1 radical (unpaired) electrons. The zero-order chi connectivity index (χ0) is 10.8. The number of benzene rings is 1. The van der Waals surface area contributed by atoms with Crippen molar-refractivity contribution in [3.8, 4) is 0 Å². The molecule has 2 aromatic rings. The fraction of sp³-hybridized carbons (Fsp3) is 0.308. The zero-order valence-electron chi connectivity index (χ0n) is 8.99. The van der Waals surface area contributed by atoms with Crippen LogP contribution in [0.3, 0.4) is 0 Å². The fourth-order valence-corrected chi connectivity index (χ4v) is 3.07. The fourth-order valence-electron chi connectivity index (χ4n) is 2.00. The molecule has 0 fully saturated rings. The van der Waals surface area contributed by atoms with Crippen LogP contribution in [0.5, 0.6) is 0 Å². The van der Waals surface area contributed by atoms with Gasteiger partial charge in [0.25, 0.3) is 0 Å². The minimum absolute atomic E-state index is 1.03. The van der Waals surface area contributed by atoms with Gasteiger partial charge < -0.3 is 5.32 Å². The van der Waals surface area contributed by atoms with E-state index in [-0.39, 0.29) is 0 Å². The van der Waals surface area contributed by atoms with Crippen LogP contribution in [0.1, 0.15) is 23.4 Å². The molecule has 1 aromatic heterocycles. The summed E-state index contributed by atoms with van der Waals surface area (Å²) in [7, 11) is 0. The first-order valence-electron chi connectivity index (χ1n) is 5.63. The van der Waals surface area contributed by atoms with Gasteiger partial charge in [0.2, 0.25) is 0 Å². The summed E-state index contributed by atoms with van der Waals surface area (Å²) in [5.41, 5.74) is 2.39. The van der Waals surface area contributed by atoms with Gasteiger partial charge in [-0.15, -0.1) is 11.3 Å². The van der Waals surface area contributed by atoms with Gasteiger partial charge in [0.05, 0.1) is 5.69 Å². The predicted octanol–water partition coefficient (Wildman–Crippen LogP) is 3.57. The summed E-state index contributed by atoms with van der Waals surface area (Å²) >= 11 is 1.80. The van der Waals surface area contributed by atoms with Gasteiger partial charge in [0.1, 0.15) is 0 Å². The van der Waals surface area contributed by atoms with Gasteiger partial charge in [-0.2, -0.15) is 0 Å². The van der Waals surface area contributed by atoms with Crippen molar-refractivity contribution >= 4 is 22.2 Å². The van der Waals surface area contributed by atoms with E-state index < -0.39 is 0 Å². The molecule has 3 rings (SSSR count). The van der Waals surface area contributed by atoms with Crippen molar-refractivity contribution in [1.82, 2.24) is 4.98 Å². The third kappa shape index (κ3) is 1.95. The molecule has 3 heteroatoms. The van der Waals surface area contributed by atoms with Crippen LogP contribution in [-0.4, -0.2) is 4.98 Å². The Morgan fingerprint density at radius 2 is 2.00 bits per heavy atom. The first-order valence-corrected chi connectivity index (χ1v) is 6.45. The Morgan fingerprint density at radius 3 is 2.81 bits per heavy atom. The van der Waals surface area contributed by atoms with E-state index in [0.29, 0.717) is 0 Å². The van der Waals surface area contributed by atoms with Crippen molar-refractivity contribution in [3.63, 3.8) is 0 Å². The summed E-state index contributed by atoms with van der Waals surface area (Å²) in [6, 6.07) is 10.9. The number of nitrogens with zero attached hydrogens (tertiary/aromatic N) is 1. The van der Waals surface area contributed by atoms with Gasteiger partial charge in [-0.05, 0) is 43.9 Å². The molecule has 1 N–H and O–H groups in total. The largest absolute Gasteiger partial charge is 0.332 e. The van der Waals surface area contributed by atoms with E-state index in [0.717, 1.165) is 17.2 Å². The van der Waals surface area contributed by atoms with E-state index in [4.69, 9.17) is 0 Å². The molecule has 81 valence electrons. The quantitative estimate of drug-likeness (QED) is 0.851. The minimum atomic E-state index is 1.03. The maximum Gasteiger partial charge on any atom is 0.187 e. The van der Waals surface area contributed by atoms with Crippen molar-refractivity contribution in [2.45, 2.75) is 25.7 Å². The van der Waals surface area contributed by atoms with Crippen LogP contribution in [0.4, 0.5) is 10.8 Å². The molecule has 1 aliphatic rings. The summed E-state index contributed by atoms with van der Waals surface area (Å²) < 4.78 is 0. The molecule has 0 aliphatic heterocycles. The number of hydrogen-bond acceptors (Lipinski definition) is 3. The number of thiazole rings is 1. The average Bonchev–Trinajstić information content (AvgIpc) is 2.72. The lowest BCUT2D eigenvalue weighted by molar-refractivity contribution is 0.683. The highest BCUT2D eigenvalue weighted by atomic mass is 32.1. The molecule has 16 heavy (non-hydrogen) atoms. The van der Waals surface area contributed by atoms with E-state index in [1.807, 2.05) is 24.3 Å². The lowest BCUT2D eigenvalue weighted by Gasteiger charge is -2.06. The number of anilines is 2. The van der Waals surface area contributed by atoms with Gasteiger partial charge in [-0.1, -0.05) is 12.1 Å². The highest BCUT2D eigenvalue weighted by molar-refractivity contribution is 7.15. The number of rotatable bonds is 2.